The van der Waals surface area contributed by atoms with Crippen LogP contribution in [0.1, 0.15) is 34.1 Å². The van der Waals surface area contributed by atoms with Crippen molar-refractivity contribution >= 4 is 26.8 Å². The number of aryl methyl sites for hydroxylation is 1. The number of methoxy groups -OCH3 is 3. The molecule has 1 amide bonds. The molecule has 5 rings (SSSR count). The Morgan fingerprint density at radius 1 is 1.03 bits per heavy atom. The molecular weight excluding hydrogens is 520 g/mol. The molecule has 0 saturated carbocycles. The molecule has 1 fully saturated rings. The number of carbonyl (C=O) groups excluding carboxylic acids is 1. The number of hydrogen-bond donors (Lipinski definition) is 1. The van der Waals surface area contributed by atoms with Crippen LogP contribution < -0.4 is 19.5 Å². The number of rotatable bonds is 8. The second kappa shape index (κ2) is 10.6. The van der Waals surface area contributed by atoms with Crippen molar-refractivity contribution in [1.29, 1.82) is 0 Å². The number of amides is 1. The standard InChI is InChI=1S/C28H30N4O6S/c1-17-26-22(28(33)29-15-18-5-8-21(36-2)9-6-18)14-23(19-7-10-24(37-3)25(13-19)38-4)30-27(26)32(31-17)20-11-12-39(34,35)16-20/h5-10,13-14,20H,11-12,15-16H2,1-4H3,(H,29,33). The second-order valence-corrected chi connectivity index (χ2v) is 11.7. The maximum atomic E-state index is 13.6. The van der Waals surface area contributed by atoms with Gasteiger partial charge in [0.2, 0.25) is 0 Å². The summed E-state index contributed by atoms with van der Waals surface area (Å²) in [6.45, 7) is 2.12. The van der Waals surface area contributed by atoms with Crippen LogP contribution in [0, 0.1) is 6.92 Å². The number of nitrogens with zero attached hydrogens (tertiary/aromatic N) is 3. The Kier molecular flexibility index (Phi) is 7.17. The first-order valence-electron chi connectivity index (χ1n) is 12.5. The Bertz CT molecular complexity index is 1650. The van der Waals surface area contributed by atoms with E-state index >= 15 is 0 Å². The molecule has 3 heterocycles. The first kappa shape index (κ1) is 26.5. The highest BCUT2D eigenvalue weighted by molar-refractivity contribution is 7.91. The van der Waals surface area contributed by atoms with Crippen molar-refractivity contribution in [1.82, 2.24) is 20.1 Å². The van der Waals surface area contributed by atoms with Crippen LogP contribution in [0.5, 0.6) is 17.2 Å². The molecule has 4 aromatic rings. The first-order valence-corrected chi connectivity index (χ1v) is 14.3. The zero-order valence-corrected chi connectivity index (χ0v) is 23.0. The number of nitrogens with one attached hydrogen (secondary N) is 1. The molecule has 0 bridgehead atoms. The van der Waals surface area contributed by atoms with Crippen molar-refractivity contribution in [2.24, 2.45) is 0 Å². The number of aromatic nitrogens is 3. The summed E-state index contributed by atoms with van der Waals surface area (Å²) in [5, 5.41) is 8.26. The molecule has 2 aromatic heterocycles. The summed E-state index contributed by atoms with van der Waals surface area (Å²) < 4.78 is 42.2. The van der Waals surface area contributed by atoms with Crippen LogP contribution in [0.4, 0.5) is 0 Å². The minimum Gasteiger partial charge on any atom is -0.497 e. The lowest BCUT2D eigenvalue weighted by molar-refractivity contribution is 0.0952. The van der Waals surface area contributed by atoms with Gasteiger partial charge >= 0.3 is 0 Å². The van der Waals surface area contributed by atoms with Crippen LogP contribution in [0.2, 0.25) is 0 Å². The number of ether oxygens (including phenoxy) is 3. The second-order valence-electron chi connectivity index (χ2n) is 9.44. The van der Waals surface area contributed by atoms with Gasteiger partial charge in [0.15, 0.2) is 27.0 Å². The van der Waals surface area contributed by atoms with Gasteiger partial charge < -0.3 is 19.5 Å². The van der Waals surface area contributed by atoms with Crippen LogP contribution in [-0.2, 0) is 16.4 Å². The lowest BCUT2D eigenvalue weighted by atomic mass is 10.0. The minimum absolute atomic E-state index is 0.00944. The first-order chi connectivity index (χ1) is 18.7. The third-order valence-corrected chi connectivity index (χ3v) is 8.68. The average molecular weight is 551 g/mol. The lowest BCUT2D eigenvalue weighted by Crippen LogP contribution is -2.23. The van der Waals surface area contributed by atoms with E-state index in [1.807, 2.05) is 30.3 Å². The predicted molar refractivity (Wildman–Crippen MR) is 147 cm³/mol. The molecule has 1 saturated heterocycles. The summed E-state index contributed by atoms with van der Waals surface area (Å²) in [6.07, 6.45) is 0.444. The fourth-order valence-corrected chi connectivity index (χ4v) is 6.57. The molecule has 1 unspecified atom stereocenters. The predicted octanol–water partition coefficient (Wildman–Crippen LogP) is 3.72. The molecule has 10 nitrogen and oxygen atoms in total. The molecule has 1 aliphatic rings. The normalized spacial score (nSPS) is 16.3. The number of pyridine rings is 1. The van der Waals surface area contributed by atoms with E-state index in [9.17, 15) is 13.2 Å². The van der Waals surface area contributed by atoms with Crippen molar-refractivity contribution in [2.45, 2.75) is 25.9 Å². The van der Waals surface area contributed by atoms with E-state index < -0.39 is 9.84 Å². The lowest BCUT2D eigenvalue weighted by Gasteiger charge is -2.14. The topological polar surface area (TPSA) is 122 Å². The molecule has 11 heteroatoms. The highest BCUT2D eigenvalue weighted by Gasteiger charge is 2.32. The van der Waals surface area contributed by atoms with E-state index in [1.54, 1.807) is 51.1 Å². The molecule has 204 valence electrons. The van der Waals surface area contributed by atoms with E-state index in [2.05, 4.69) is 10.4 Å². The molecule has 0 radical (unpaired) electrons. The van der Waals surface area contributed by atoms with Gasteiger partial charge in [-0.1, -0.05) is 12.1 Å². The van der Waals surface area contributed by atoms with Crippen molar-refractivity contribution in [3.63, 3.8) is 0 Å². The molecular formula is C28H30N4O6S. The van der Waals surface area contributed by atoms with E-state index in [1.165, 1.54) is 0 Å². The molecule has 1 N–H and O–H groups in total. The van der Waals surface area contributed by atoms with Crippen LogP contribution in [-0.4, -0.2) is 61.9 Å². The zero-order chi connectivity index (χ0) is 27.7. The minimum atomic E-state index is -3.16. The smallest absolute Gasteiger partial charge is 0.252 e. The van der Waals surface area contributed by atoms with Crippen LogP contribution in [0.3, 0.4) is 0 Å². The average Bonchev–Trinajstić information content (AvgIpc) is 3.49. The summed E-state index contributed by atoms with van der Waals surface area (Å²) in [4.78, 5) is 18.5. The van der Waals surface area contributed by atoms with E-state index in [0.717, 1.165) is 11.3 Å². The highest BCUT2D eigenvalue weighted by atomic mass is 32.2. The molecule has 0 spiro atoms. The van der Waals surface area contributed by atoms with Crippen molar-refractivity contribution in [3.8, 4) is 28.5 Å². The van der Waals surface area contributed by atoms with Gasteiger partial charge in [-0.3, -0.25) is 4.79 Å². The number of benzene rings is 2. The number of sulfone groups is 1. The molecule has 2 aromatic carbocycles. The van der Waals surface area contributed by atoms with Crippen LogP contribution in [0.15, 0.2) is 48.5 Å². The monoisotopic (exact) mass is 550 g/mol. The van der Waals surface area contributed by atoms with Crippen molar-refractivity contribution in [2.75, 3.05) is 32.8 Å². The Balaban J connectivity index is 1.60. The van der Waals surface area contributed by atoms with Crippen LogP contribution >= 0.6 is 0 Å². The van der Waals surface area contributed by atoms with Crippen molar-refractivity contribution < 1.29 is 27.4 Å². The summed E-state index contributed by atoms with van der Waals surface area (Å²) in [6, 6.07) is 14.2. The highest BCUT2D eigenvalue weighted by Crippen LogP contribution is 2.35. The Hall–Kier alpha value is -4.12. The molecule has 0 aliphatic carbocycles. The van der Waals surface area contributed by atoms with Crippen LogP contribution in [0.25, 0.3) is 22.3 Å². The van der Waals surface area contributed by atoms with Gasteiger partial charge in [0.05, 0.1) is 61.2 Å². The zero-order valence-electron chi connectivity index (χ0n) is 22.2. The van der Waals surface area contributed by atoms with Gasteiger partial charge in [0, 0.05) is 12.1 Å². The number of carbonyl (C=O) groups is 1. The van der Waals surface area contributed by atoms with E-state index in [0.29, 0.717) is 58.0 Å². The maximum absolute atomic E-state index is 13.6. The Labute approximate surface area is 226 Å². The SMILES string of the molecule is COc1ccc(CNC(=O)c2cc(-c3ccc(OC)c(OC)c3)nc3c2c(C)nn3C2CCS(=O)(=O)C2)cc1. The maximum Gasteiger partial charge on any atom is 0.252 e. The molecule has 1 atom stereocenters. The number of fused-ring (bicyclic) bond motifs is 1. The third kappa shape index (κ3) is 5.26. The fourth-order valence-electron chi connectivity index (χ4n) is 4.88. The van der Waals surface area contributed by atoms with Gasteiger partial charge in [-0.05, 0) is 55.3 Å². The summed E-state index contributed by atoms with van der Waals surface area (Å²) in [5.41, 5.74) is 3.64. The molecule has 39 heavy (non-hydrogen) atoms. The Morgan fingerprint density at radius 3 is 2.41 bits per heavy atom. The summed E-state index contributed by atoms with van der Waals surface area (Å²) in [7, 11) is 1.55. The van der Waals surface area contributed by atoms with Crippen molar-refractivity contribution in [3.05, 3.63) is 65.4 Å². The van der Waals surface area contributed by atoms with Gasteiger partial charge in [-0.25, -0.2) is 18.1 Å². The summed E-state index contributed by atoms with van der Waals surface area (Å²) >= 11 is 0. The Morgan fingerprint density at radius 2 is 1.77 bits per heavy atom. The fraction of sp³-hybridized carbons (Fsp3) is 0.321. The van der Waals surface area contributed by atoms with Gasteiger partial charge in [-0.15, -0.1) is 0 Å². The molecule has 1 aliphatic heterocycles. The third-order valence-electron chi connectivity index (χ3n) is 6.93. The quantitative estimate of drug-likeness (QED) is 0.352. The van der Waals surface area contributed by atoms with E-state index in [4.69, 9.17) is 19.2 Å². The van der Waals surface area contributed by atoms with Gasteiger partial charge in [0.1, 0.15) is 5.75 Å². The largest absolute Gasteiger partial charge is 0.497 e. The number of hydrogen-bond acceptors (Lipinski definition) is 8. The van der Waals surface area contributed by atoms with E-state index in [-0.39, 0.29) is 23.5 Å². The summed E-state index contributed by atoms with van der Waals surface area (Å²) in [5.74, 6) is 1.62. The van der Waals surface area contributed by atoms with Gasteiger partial charge in [0.25, 0.3) is 5.91 Å². The van der Waals surface area contributed by atoms with Gasteiger partial charge in [-0.2, -0.15) is 5.10 Å².